The molecule has 0 N–H and O–H groups in total. The largest absolute Gasteiger partial charge is 0.0654 e. The predicted molar refractivity (Wildman–Crippen MR) is 122 cm³/mol. The van der Waals surface area contributed by atoms with E-state index in [2.05, 4.69) is 20.8 Å². The highest BCUT2D eigenvalue weighted by Crippen LogP contribution is 2.49. The van der Waals surface area contributed by atoms with E-state index in [-0.39, 0.29) is 0 Å². The zero-order valence-electron chi connectivity index (χ0n) is 19.4. The van der Waals surface area contributed by atoms with E-state index < -0.39 is 0 Å². The zero-order chi connectivity index (χ0) is 19.4. The smallest absolute Gasteiger partial charge is 0.0300 e. The highest BCUT2D eigenvalue weighted by atomic mass is 14.4. The Morgan fingerprint density at radius 3 is 1.74 bits per heavy atom. The van der Waals surface area contributed by atoms with Crippen LogP contribution in [-0.4, -0.2) is 0 Å². The lowest BCUT2D eigenvalue weighted by Crippen LogP contribution is -2.31. The van der Waals surface area contributed by atoms with Gasteiger partial charge in [-0.1, -0.05) is 104 Å². The maximum absolute atomic E-state index is 2.48. The Balaban J connectivity index is 1.62. The molecule has 0 aromatic heterocycles. The van der Waals surface area contributed by atoms with Crippen molar-refractivity contribution < 1.29 is 0 Å². The standard InChI is InChI=1S/C27H52/c1-4-7-9-11-12-14-24-15-17-25(18-16-24)26-19-22-27(6-3,23-20-26)21-13-10-8-5-2/h24-26H,4-23H2,1-3H3. The summed E-state index contributed by atoms with van der Waals surface area (Å²) in [6.07, 6.45) is 30.1. The summed E-state index contributed by atoms with van der Waals surface area (Å²) in [6.45, 7) is 7.14. The Labute approximate surface area is 172 Å². The Kier molecular flexibility index (Phi) is 11.4. The normalized spacial score (nSPS) is 31.9. The number of rotatable bonds is 13. The van der Waals surface area contributed by atoms with Gasteiger partial charge in [-0.25, -0.2) is 0 Å². The molecule has 0 amide bonds. The van der Waals surface area contributed by atoms with Crippen molar-refractivity contribution in [1.29, 1.82) is 0 Å². The van der Waals surface area contributed by atoms with Crippen LogP contribution in [0.25, 0.3) is 0 Å². The molecule has 0 aromatic rings. The minimum atomic E-state index is 0.736. The van der Waals surface area contributed by atoms with Crippen LogP contribution in [0.5, 0.6) is 0 Å². The van der Waals surface area contributed by atoms with Gasteiger partial charge in [-0.15, -0.1) is 0 Å². The third-order valence-corrected chi connectivity index (χ3v) is 8.68. The van der Waals surface area contributed by atoms with Crippen LogP contribution in [0.3, 0.4) is 0 Å². The van der Waals surface area contributed by atoms with Gasteiger partial charge in [-0.3, -0.25) is 0 Å². The van der Waals surface area contributed by atoms with Crippen molar-refractivity contribution in [3.63, 3.8) is 0 Å². The van der Waals surface area contributed by atoms with E-state index in [9.17, 15) is 0 Å². The van der Waals surface area contributed by atoms with E-state index in [4.69, 9.17) is 0 Å². The maximum atomic E-state index is 2.48. The van der Waals surface area contributed by atoms with Crippen molar-refractivity contribution in [2.45, 2.75) is 149 Å². The van der Waals surface area contributed by atoms with Crippen LogP contribution in [0.4, 0.5) is 0 Å². The monoisotopic (exact) mass is 376 g/mol. The fraction of sp³-hybridized carbons (Fsp3) is 1.00. The molecule has 0 spiro atoms. The van der Waals surface area contributed by atoms with Gasteiger partial charge in [-0.05, 0) is 68.1 Å². The van der Waals surface area contributed by atoms with Crippen LogP contribution in [0.2, 0.25) is 0 Å². The Morgan fingerprint density at radius 1 is 0.593 bits per heavy atom. The van der Waals surface area contributed by atoms with Gasteiger partial charge in [0.1, 0.15) is 0 Å². The number of hydrogen-bond acceptors (Lipinski definition) is 0. The van der Waals surface area contributed by atoms with Gasteiger partial charge >= 0.3 is 0 Å². The molecule has 2 aliphatic rings. The molecule has 27 heavy (non-hydrogen) atoms. The highest BCUT2D eigenvalue weighted by molar-refractivity contribution is 4.88. The van der Waals surface area contributed by atoms with E-state index in [1.54, 1.807) is 51.4 Å². The SMILES string of the molecule is CCCCCCCC1CCC(C2CCC(CC)(CCCCCC)CC2)CC1. The quantitative estimate of drug-likeness (QED) is 0.280. The first-order valence-electron chi connectivity index (χ1n) is 13.2. The average molecular weight is 377 g/mol. The lowest BCUT2D eigenvalue weighted by atomic mass is 9.62. The predicted octanol–water partition coefficient (Wildman–Crippen LogP) is 9.71. The van der Waals surface area contributed by atoms with Crippen LogP contribution in [0.1, 0.15) is 149 Å². The number of hydrogen-bond donors (Lipinski definition) is 0. The second-order valence-electron chi connectivity index (χ2n) is 10.5. The van der Waals surface area contributed by atoms with Crippen LogP contribution < -0.4 is 0 Å². The Morgan fingerprint density at radius 2 is 1.15 bits per heavy atom. The molecule has 160 valence electrons. The fourth-order valence-electron chi connectivity index (χ4n) is 6.42. The van der Waals surface area contributed by atoms with Gasteiger partial charge in [0.25, 0.3) is 0 Å². The molecule has 0 heteroatoms. The van der Waals surface area contributed by atoms with Gasteiger partial charge in [0.05, 0.1) is 0 Å². The summed E-state index contributed by atoms with van der Waals surface area (Å²) in [5, 5.41) is 0. The van der Waals surface area contributed by atoms with E-state index in [1.165, 1.54) is 77.0 Å². The topological polar surface area (TPSA) is 0 Å². The number of unbranched alkanes of at least 4 members (excludes halogenated alkanes) is 7. The van der Waals surface area contributed by atoms with Crippen molar-refractivity contribution in [2.75, 3.05) is 0 Å². The highest BCUT2D eigenvalue weighted by Gasteiger charge is 2.36. The summed E-state index contributed by atoms with van der Waals surface area (Å²) in [4.78, 5) is 0. The molecule has 0 heterocycles. The molecule has 0 nitrogen and oxygen atoms in total. The lowest BCUT2D eigenvalue weighted by Gasteiger charge is -2.44. The van der Waals surface area contributed by atoms with Crippen LogP contribution in [0.15, 0.2) is 0 Å². The van der Waals surface area contributed by atoms with E-state index in [0.717, 1.165) is 23.2 Å². The summed E-state index contributed by atoms with van der Waals surface area (Å²) >= 11 is 0. The van der Waals surface area contributed by atoms with Gasteiger partial charge < -0.3 is 0 Å². The third kappa shape index (κ3) is 8.10. The second-order valence-corrected chi connectivity index (χ2v) is 10.5. The summed E-state index contributed by atoms with van der Waals surface area (Å²) in [5.74, 6) is 3.27. The van der Waals surface area contributed by atoms with E-state index in [0.29, 0.717) is 0 Å². The van der Waals surface area contributed by atoms with Gasteiger partial charge in [0, 0.05) is 0 Å². The minimum Gasteiger partial charge on any atom is -0.0654 e. The Hall–Kier alpha value is 0. The maximum Gasteiger partial charge on any atom is -0.0300 e. The van der Waals surface area contributed by atoms with Gasteiger partial charge in [-0.2, -0.15) is 0 Å². The van der Waals surface area contributed by atoms with Gasteiger partial charge in [0.2, 0.25) is 0 Å². The molecule has 2 fully saturated rings. The lowest BCUT2D eigenvalue weighted by molar-refractivity contribution is 0.0797. The van der Waals surface area contributed by atoms with E-state index in [1.807, 2.05) is 0 Å². The first-order chi connectivity index (χ1) is 13.2. The van der Waals surface area contributed by atoms with Crippen LogP contribution in [-0.2, 0) is 0 Å². The summed E-state index contributed by atoms with van der Waals surface area (Å²) < 4.78 is 0. The van der Waals surface area contributed by atoms with E-state index >= 15 is 0 Å². The second kappa shape index (κ2) is 13.3. The molecule has 0 atom stereocenters. The zero-order valence-corrected chi connectivity index (χ0v) is 19.4. The minimum absolute atomic E-state index is 0.736. The summed E-state index contributed by atoms with van der Waals surface area (Å²) in [6, 6.07) is 0. The molecule has 0 radical (unpaired) electrons. The molecule has 2 aliphatic carbocycles. The molecule has 2 saturated carbocycles. The van der Waals surface area contributed by atoms with Crippen molar-refractivity contribution in [3.05, 3.63) is 0 Å². The van der Waals surface area contributed by atoms with Gasteiger partial charge in [0.15, 0.2) is 0 Å². The van der Waals surface area contributed by atoms with Crippen molar-refractivity contribution in [3.8, 4) is 0 Å². The summed E-state index contributed by atoms with van der Waals surface area (Å²) in [7, 11) is 0. The van der Waals surface area contributed by atoms with Crippen LogP contribution in [0, 0.1) is 23.2 Å². The Bertz CT molecular complexity index is 341. The average Bonchev–Trinajstić information content (AvgIpc) is 2.72. The third-order valence-electron chi connectivity index (χ3n) is 8.68. The molecule has 0 saturated heterocycles. The first-order valence-corrected chi connectivity index (χ1v) is 13.2. The molecule has 0 aliphatic heterocycles. The molecule has 0 bridgehead atoms. The first kappa shape index (κ1) is 23.3. The van der Waals surface area contributed by atoms with Crippen LogP contribution >= 0.6 is 0 Å². The van der Waals surface area contributed by atoms with Crippen molar-refractivity contribution in [2.24, 2.45) is 23.2 Å². The molecule has 0 aromatic carbocycles. The molecular weight excluding hydrogens is 324 g/mol. The fourth-order valence-corrected chi connectivity index (χ4v) is 6.42. The molecule has 2 rings (SSSR count). The summed E-state index contributed by atoms with van der Waals surface area (Å²) in [5.41, 5.74) is 0.736. The van der Waals surface area contributed by atoms with Crippen molar-refractivity contribution >= 4 is 0 Å². The van der Waals surface area contributed by atoms with Crippen molar-refractivity contribution in [1.82, 2.24) is 0 Å². The molecule has 0 unspecified atom stereocenters. The molecular formula is C27H52.